The van der Waals surface area contributed by atoms with E-state index < -0.39 is 4.92 Å². The summed E-state index contributed by atoms with van der Waals surface area (Å²) in [5.41, 5.74) is 1.78. The van der Waals surface area contributed by atoms with Crippen LogP contribution in [-0.4, -0.2) is 28.4 Å². The number of hydrogen-bond acceptors (Lipinski definition) is 6. The first kappa shape index (κ1) is 14.0. The third-order valence-electron chi connectivity index (χ3n) is 2.83. The van der Waals surface area contributed by atoms with Gasteiger partial charge in [-0.3, -0.25) is 10.1 Å². The summed E-state index contributed by atoms with van der Waals surface area (Å²) < 4.78 is 10.5. The van der Waals surface area contributed by atoms with Gasteiger partial charge in [0.1, 0.15) is 18.1 Å². The number of aryl methyl sites for hydroxylation is 2. The number of benzene rings is 1. The van der Waals surface area contributed by atoms with Crippen molar-refractivity contribution in [2.75, 3.05) is 13.2 Å². The Labute approximate surface area is 114 Å². The molecule has 0 fully saturated rings. The highest BCUT2D eigenvalue weighted by Gasteiger charge is 2.19. The summed E-state index contributed by atoms with van der Waals surface area (Å²) in [6, 6.07) is 4.28. The first-order chi connectivity index (χ1) is 9.54. The monoisotopic (exact) mass is 278 g/mol. The number of aromatic nitrogens is 1. The van der Waals surface area contributed by atoms with Gasteiger partial charge in [0.2, 0.25) is 0 Å². The molecule has 0 bridgehead atoms. The number of nitrogens with zero attached hydrogens (tertiary/aromatic N) is 2. The van der Waals surface area contributed by atoms with E-state index in [2.05, 4.69) is 5.16 Å². The van der Waals surface area contributed by atoms with Crippen LogP contribution in [0, 0.1) is 24.0 Å². The lowest BCUT2D eigenvalue weighted by molar-refractivity contribution is -0.384. The highest BCUT2D eigenvalue weighted by Crippen LogP contribution is 2.37. The molecule has 0 saturated heterocycles. The second kappa shape index (κ2) is 5.70. The average Bonchev–Trinajstić information content (AvgIpc) is 2.75. The third-order valence-corrected chi connectivity index (χ3v) is 2.83. The summed E-state index contributed by atoms with van der Waals surface area (Å²) in [5, 5.41) is 23.6. The normalized spacial score (nSPS) is 10.6. The van der Waals surface area contributed by atoms with Crippen LogP contribution in [0.3, 0.4) is 0 Å². The van der Waals surface area contributed by atoms with E-state index in [1.165, 1.54) is 18.2 Å². The van der Waals surface area contributed by atoms with Crippen molar-refractivity contribution in [2.45, 2.75) is 13.8 Å². The molecule has 0 amide bonds. The Morgan fingerprint density at radius 2 is 2.20 bits per heavy atom. The maximum absolute atomic E-state index is 10.9. The van der Waals surface area contributed by atoms with Crippen molar-refractivity contribution in [3.63, 3.8) is 0 Å². The third kappa shape index (κ3) is 2.62. The molecule has 0 aliphatic rings. The maximum Gasteiger partial charge on any atom is 0.270 e. The minimum atomic E-state index is -0.475. The quantitative estimate of drug-likeness (QED) is 0.665. The predicted octanol–water partition coefficient (Wildman–Crippen LogP) is 2.24. The molecular weight excluding hydrogens is 264 g/mol. The Balaban J connectivity index is 2.57. The van der Waals surface area contributed by atoms with Crippen molar-refractivity contribution >= 4 is 5.69 Å². The van der Waals surface area contributed by atoms with Crippen LogP contribution < -0.4 is 4.74 Å². The van der Waals surface area contributed by atoms with Gasteiger partial charge in [-0.05, 0) is 19.9 Å². The van der Waals surface area contributed by atoms with Gasteiger partial charge in [0.15, 0.2) is 0 Å². The number of nitro benzene ring substituents is 1. The molecule has 1 aromatic heterocycles. The van der Waals surface area contributed by atoms with Gasteiger partial charge < -0.3 is 14.4 Å². The summed E-state index contributed by atoms with van der Waals surface area (Å²) in [6.45, 7) is 3.44. The predicted molar refractivity (Wildman–Crippen MR) is 70.6 cm³/mol. The Bertz CT molecular complexity index is 616. The minimum absolute atomic E-state index is 0.0450. The van der Waals surface area contributed by atoms with E-state index in [0.717, 1.165) is 0 Å². The van der Waals surface area contributed by atoms with Gasteiger partial charge in [0, 0.05) is 17.7 Å². The molecule has 20 heavy (non-hydrogen) atoms. The van der Waals surface area contributed by atoms with Crippen LogP contribution in [0.1, 0.15) is 11.5 Å². The molecule has 0 unspecified atom stereocenters. The molecule has 7 nitrogen and oxygen atoms in total. The topological polar surface area (TPSA) is 98.6 Å². The van der Waals surface area contributed by atoms with E-state index in [4.69, 9.17) is 14.4 Å². The standard InChI is InChI=1S/C13H14N2O5/c1-8-13(9(2)20-14-8)11-7-10(15(17)18)3-4-12(11)19-6-5-16/h3-4,7,16H,5-6H2,1-2H3. The molecule has 0 spiro atoms. The van der Waals surface area contributed by atoms with Crippen LogP contribution in [-0.2, 0) is 0 Å². The first-order valence-electron chi connectivity index (χ1n) is 6.00. The number of non-ortho nitro benzene ring substituents is 1. The lowest BCUT2D eigenvalue weighted by Gasteiger charge is -2.10. The molecule has 0 radical (unpaired) electrons. The fourth-order valence-corrected chi connectivity index (χ4v) is 1.98. The molecule has 2 aromatic rings. The lowest BCUT2D eigenvalue weighted by Crippen LogP contribution is -2.03. The van der Waals surface area contributed by atoms with E-state index >= 15 is 0 Å². The van der Waals surface area contributed by atoms with Crippen LogP contribution in [0.15, 0.2) is 22.7 Å². The van der Waals surface area contributed by atoms with Crippen molar-refractivity contribution in [3.05, 3.63) is 39.8 Å². The van der Waals surface area contributed by atoms with Crippen molar-refractivity contribution < 1.29 is 19.3 Å². The van der Waals surface area contributed by atoms with Gasteiger partial charge in [-0.25, -0.2) is 0 Å². The highest BCUT2D eigenvalue weighted by molar-refractivity contribution is 5.75. The molecule has 0 atom stereocenters. The van der Waals surface area contributed by atoms with E-state index in [0.29, 0.717) is 28.3 Å². The molecule has 0 aliphatic heterocycles. The van der Waals surface area contributed by atoms with Gasteiger partial charge >= 0.3 is 0 Å². The largest absolute Gasteiger partial charge is 0.491 e. The molecule has 106 valence electrons. The van der Waals surface area contributed by atoms with Crippen LogP contribution >= 0.6 is 0 Å². The fraction of sp³-hybridized carbons (Fsp3) is 0.308. The highest BCUT2D eigenvalue weighted by atomic mass is 16.6. The summed E-state index contributed by atoms with van der Waals surface area (Å²) >= 11 is 0. The number of aliphatic hydroxyl groups excluding tert-OH is 1. The first-order valence-corrected chi connectivity index (χ1v) is 6.00. The molecule has 0 aliphatic carbocycles. The van der Waals surface area contributed by atoms with Gasteiger partial charge in [-0.2, -0.15) is 0 Å². The number of ether oxygens (including phenoxy) is 1. The summed E-state index contributed by atoms with van der Waals surface area (Å²) in [7, 11) is 0. The zero-order chi connectivity index (χ0) is 14.7. The minimum Gasteiger partial charge on any atom is -0.491 e. The van der Waals surface area contributed by atoms with Crippen LogP contribution in [0.4, 0.5) is 5.69 Å². The Kier molecular flexibility index (Phi) is 3.99. The second-order valence-electron chi connectivity index (χ2n) is 4.21. The van der Waals surface area contributed by atoms with Gasteiger partial charge in [-0.15, -0.1) is 0 Å². The van der Waals surface area contributed by atoms with Crippen LogP contribution in [0.5, 0.6) is 5.75 Å². The van der Waals surface area contributed by atoms with Crippen molar-refractivity contribution in [1.82, 2.24) is 5.16 Å². The van der Waals surface area contributed by atoms with Gasteiger partial charge in [-0.1, -0.05) is 5.16 Å². The Hall–Kier alpha value is -2.41. The molecule has 1 N–H and O–H groups in total. The van der Waals surface area contributed by atoms with E-state index in [-0.39, 0.29) is 18.9 Å². The molecule has 1 heterocycles. The number of hydrogen-bond donors (Lipinski definition) is 1. The van der Waals surface area contributed by atoms with E-state index in [1.807, 2.05) is 0 Å². The molecule has 7 heteroatoms. The molecular formula is C13H14N2O5. The summed E-state index contributed by atoms with van der Waals surface area (Å²) in [5.74, 6) is 0.996. The smallest absolute Gasteiger partial charge is 0.270 e. The average molecular weight is 278 g/mol. The summed E-state index contributed by atoms with van der Waals surface area (Å²) in [4.78, 5) is 10.4. The Morgan fingerprint density at radius 3 is 2.75 bits per heavy atom. The van der Waals surface area contributed by atoms with Gasteiger partial charge in [0.25, 0.3) is 5.69 Å². The number of nitro groups is 1. The molecule has 0 saturated carbocycles. The Morgan fingerprint density at radius 1 is 1.45 bits per heavy atom. The zero-order valence-corrected chi connectivity index (χ0v) is 11.1. The van der Waals surface area contributed by atoms with Crippen molar-refractivity contribution in [3.8, 4) is 16.9 Å². The van der Waals surface area contributed by atoms with Crippen LogP contribution in [0.2, 0.25) is 0 Å². The summed E-state index contributed by atoms with van der Waals surface area (Å²) in [6.07, 6.45) is 0. The van der Waals surface area contributed by atoms with Crippen LogP contribution in [0.25, 0.3) is 11.1 Å². The van der Waals surface area contributed by atoms with E-state index in [1.54, 1.807) is 13.8 Å². The zero-order valence-electron chi connectivity index (χ0n) is 11.1. The number of aliphatic hydroxyl groups is 1. The SMILES string of the molecule is Cc1noc(C)c1-c1cc([N+](=O)[O-])ccc1OCCO. The fourth-order valence-electron chi connectivity index (χ4n) is 1.98. The molecule has 1 aromatic carbocycles. The van der Waals surface area contributed by atoms with Gasteiger partial charge in [0.05, 0.1) is 22.8 Å². The second-order valence-corrected chi connectivity index (χ2v) is 4.21. The van der Waals surface area contributed by atoms with Crippen molar-refractivity contribution in [1.29, 1.82) is 0 Å². The molecule has 2 rings (SSSR count). The van der Waals surface area contributed by atoms with Crippen molar-refractivity contribution in [2.24, 2.45) is 0 Å². The van der Waals surface area contributed by atoms with E-state index in [9.17, 15) is 10.1 Å². The maximum atomic E-state index is 10.9. The number of rotatable bonds is 5. The lowest BCUT2D eigenvalue weighted by atomic mass is 10.0.